The number of nitrogens with zero attached hydrogens (tertiary/aromatic N) is 2. The molecule has 0 spiro atoms. The van der Waals surface area contributed by atoms with E-state index >= 15 is 0 Å². The van der Waals surface area contributed by atoms with Crippen LogP contribution >= 0.6 is 0 Å². The Balaban J connectivity index is 2.20. The van der Waals surface area contributed by atoms with Crippen LogP contribution in [0.1, 0.15) is 27.9 Å². The van der Waals surface area contributed by atoms with E-state index in [0.717, 1.165) is 11.1 Å². The summed E-state index contributed by atoms with van der Waals surface area (Å²) in [5, 5.41) is 0. The number of carbonyl (C=O) groups excluding carboxylic acids is 2. The summed E-state index contributed by atoms with van der Waals surface area (Å²) in [6.07, 6.45) is 3.57. The van der Waals surface area contributed by atoms with Gasteiger partial charge in [0.05, 0.1) is 13.5 Å². The summed E-state index contributed by atoms with van der Waals surface area (Å²) in [6, 6.07) is 11.2. The van der Waals surface area contributed by atoms with Gasteiger partial charge >= 0.3 is 5.97 Å². The number of aromatic nitrogens is 1. The number of pyridine rings is 1. The van der Waals surface area contributed by atoms with Crippen LogP contribution in [0.4, 0.5) is 0 Å². The maximum Gasteiger partial charge on any atom is 0.307 e. The van der Waals surface area contributed by atoms with Crippen LogP contribution in [0.15, 0.2) is 48.8 Å². The van der Waals surface area contributed by atoms with Crippen molar-refractivity contribution in [3.05, 3.63) is 65.5 Å². The van der Waals surface area contributed by atoms with Crippen molar-refractivity contribution in [2.75, 3.05) is 13.7 Å². The molecule has 0 saturated carbocycles. The van der Waals surface area contributed by atoms with Gasteiger partial charge in [0.2, 0.25) is 0 Å². The van der Waals surface area contributed by atoms with Crippen molar-refractivity contribution in [1.82, 2.24) is 9.88 Å². The quantitative estimate of drug-likeness (QED) is 0.769. The molecule has 0 aliphatic rings. The van der Waals surface area contributed by atoms with Crippen LogP contribution in [0.2, 0.25) is 0 Å². The second-order valence-corrected chi connectivity index (χ2v) is 5.23. The third kappa shape index (κ3) is 4.64. The van der Waals surface area contributed by atoms with E-state index in [1.807, 2.05) is 37.3 Å². The molecule has 0 N–H and O–H groups in total. The molecule has 1 aromatic heterocycles. The van der Waals surface area contributed by atoms with Crippen LogP contribution in [-0.4, -0.2) is 35.4 Å². The first kappa shape index (κ1) is 16.7. The molecule has 1 heterocycles. The molecule has 0 aliphatic carbocycles. The van der Waals surface area contributed by atoms with Gasteiger partial charge in [0, 0.05) is 31.0 Å². The van der Waals surface area contributed by atoms with E-state index in [1.54, 1.807) is 23.4 Å². The van der Waals surface area contributed by atoms with Crippen molar-refractivity contribution < 1.29 is 14.3 Å². The predicted molar refractivity (Wildman–Crippen MR) is 86.8 cm³/mol. The van der Waals surface area contributed by atoms with Crippen LogP contribution < -0.4 is 0 Å². The molecule has 1 amide bonds. The van der Waals surface area contributed by atoms with Gasteiger partial charge in [-0.2, -0.15) is 0 Å². The number of hydrogen-bond acceptors (Lipinski definition) is 4. The van der Waals surface area contributed by atoms with Crippen LogP contribution in [0, 0.1) is 6.92 Å². The first-order valence-corrected chi connectivity index (χ1v) is 7.42. The van der Waals surface area contributed by atoms with Crippen LogP contribution in [0.5, 0.6) is 0 Å². The number of amides is 1. The highest BCUT2D eigenvalue weighted by atomic mass is 16.5. The number of carbonyl (C=O) groups is 2. The van der Waals surface area contributed by atoms with Crippen LogP contribution in [0.25, 0.3) is 0 Å². The number of aryl methyl sites for hydroxylation is 1. The van der Waals surface area contributed by atoms with Crippen LogP contribution in [0.3, 0.4) is 0 Å². The second kappa shape index (κ2) is 8.08. The summed E-state index contributed by atoms with van der Waals surface area (Å²) in [7, 11) is 1.34. The first-order chi connectivity index (χ1) is 11.1. The lowest BCUT2D eigenvalue weighted by molar-refractivity contribution is -0.140. The van der Waals surface area contributed by atoms with Crippen molar-refractivity contribution in [1.29, 1.82) is 0 Å². The maximum atomic E-state index is 12.8. The van der Waals surface area contributed by atoms with Gasteiger partial charge < -0.3 is 9.64 Å². The molecule has 120 valence electrons. The molecule has 0 saturated heterocycles. The van der Waals surface area contributed by atoms with E-state index < -0.39 is 0 Å². The third-order valence-electron chi connectivity index (χ3n) is 3.57. The Hall–Kier alpha value is -2.69. The average Bonchev–Trinajstić information content (AvgIpc) is 2.59. The molecule has 0 radical (unpaired) electrons. The average molecular weight is 312 g/mol. The summed E-state index contributed by atoms with van der Waals surface area (Å²) in [5.74, 6) is -0.436. The molecule has 1 aromatic carbocycles. The number of ether oxygens (including phenoxy) is 1. The Bertz CT molecular complexity index is 671. The van der Waals surface area contributed by atoms with Gasteiger partial charge in [0.25, 0.3) is 5.91 Å². The lowest BCUT2D eigenvalue weighted by Gasteiger charge is -2.23. The maximum absolute atomic E-state index is 12.8. The molecule has 2 rings (SSSR count). The Morgan fingerprint density at radius 1 is 1.17 bits per heavy atom. The Kier molecular flexibility index (Phi) is 5.86. The fourth-order valence-electron chi connectivity index (χ4n) is 2.28. The second-order valence-electron chi connectivity index (χ2n) is 5.23. The Morgan fingerprint density at radius 2 is 1.96 bits per heavy atom. The van der Waals surface area contributed by atoms with Crippen molar-refractivity contribution in [3.63, 3.8) is 0 Å². The Morgan fingerprint density at radius 3 is 2.61 bits per heavy atom. The monoisotopic (exact) mass is 312 g/mol. The highest BCUT2D eigenvalue weighted by Gasteiger charge is 2.19. The fourth-order valence-corrected chi connectivity index (χ4v) is 2.28. The summed E-state index contributed by atoms with van der Waals surface area (Å²) < 4.78 is 4.67. The van der Waals surface area contributed by atoms with Crippen molar-refractivity contribution in [2.45, 2.75) is 19.9 Å². The molecule has 0 fully saturated rings. The van der Waals surface area contributed by atoms with Gasteiger partial charge in [0.1, 0.15) is 0 Å². The number of rotatable bonds is 6. The lowest BCUT2D eigenvalue weighted by Crippen LogP contribution is -2.33. The highest BCUT2D eigenvalue weighted by Crippen LogP contribution is 2.14. The van der Waals surface area contributed by atoms with Crippen molar-refractivity contribution in [3.8, 4) is 0 Å². The van der Waals surface area contributed by atoms with Gasteiger partial charge in [-0.05, 0) is 30.2 Å². The van der Waals surface area contributed by atoms with E-state index in [4.69, 9.17) is 0 Å². The number of hydrogen-bond donors (Lipinski definition) is 0. The van der Waals surface area contributed by atoms with E-state index in [2.05, 4.69) is 9.72 Å². The van der Waals surface area contributed by atoms with Gasteiger partial charge in [-0.25, -0.2) is 0 Å². The van der Waals surface area contributed by atoms with E-state index in [0.29, 0.717) is 18.7 Å². The van der Waals surface area contributed by atoms with E-state index in [-0.39, 0.29) is 18.3 Å². The minimum absolute atomic E-state index is 0.101. The SMILES string of the molecule is COC(=O)CCN(Cc1cccnc1)C(=O)c1ccccc1C. The van der Waals surface area contributed by atoms with E-state index in [9.17, 15) is 9.59 Å². The lowest BCUT2D eigenvalue weighted by atomic mass is 10.1. The zero-order valence-corrected chi connectivity index (χ0v) is 13.4. The van der Waals surface area contributed by atoms with Crippen molar-refractivity contribution in [2.24, 2.45) is 0 Å². The number of benzene rings is 1. The Labute approximate surface area is 135 Å². The molecule has 5 heteroatoms. The van der Waals surface area contributed by atoms with Gasteiger partial charge in [-0.3, -0.25) is 14.6 Å². The van der Waals surface area contributed by atoms with Gasteiger partial charge in [-0.15, -0.1) is 0 Å². The smallest absolute Gasteiger partial charge is 0.307 e. The minimum Gasteiger partial charge on any atom is -0.469 e. The molecule has 0 atom stereocenters. The summed E-state index contributed by atoms with van der Waals surface area (Å²) in [6.45, 7) is 2.60. The van der Waals surface area contributed by atoms with Gasteiger partial charge in [-0.1, -0.05) is 24.3 Å². The fraction of sp³-hybridized carbons (Fsp3) is 0.278. The molecule has 5 nitrogen and oxygen atoms in total. The summed E-state index contributed by atoms with van der Waals surface area (Å²) >= 11 is 0. The highest BCUT2D eigenvalue weighted by molar-refractivity contribution is 5.95. The minimum atomic E-state index is -0.334. The largest absolute Gasteiger partial charge is 0.469 e. The van der Waals surface area contributed by atoms with Gasteiger partial charge in [0.15, 0.2) is 0 Å². The molecular weight excluding hydrogens is 292 g/mol. The molecule has 0 bridgehead atoms. The standard InChI is InChI=1S/C18H20N2O3/c1-14-6-3-4-8-16(14)18(22)20(11-9-17(21)23-2)13-15-7-5-10-19-12-15/h3-8,10,12H,9,11,13H2,1-2H3. The van der Waals surface area contributed by atoms with Crippen LogP contribution in [-0.2, 0) is 16.1 Å². The molecule has 2 aromatic rings. The molecular formula is C18H20N2O3. The first-order valence-electron chi connectivity index (χ1n) is 7.42. The van der Waals surface area contributed by atoms with E-state index in [1.165, 1.54) is 7.11 Å². The van der Waals surface area contributed by atoms with Crippen molar-refractivity contribution >= 4 is 11.9 Å². The number of esters is 1. The zero-order chi connectivity index (χ0) is 16.7. The third-order valence-corrected chi connectivity index (χ3v) is 3.57. The summed E-state index contributed by atoms with van der Waals surface area (Å²) in [5.41, 5.74) is 2.47. The summed E-state index contributed by atoms with van der Waals surface area (Å²) in [4.78, 5) is 30.0. The molecule has 23 heavy (non-hydrogen) atoms. The zero-order valence-electron chi connectivity index (χ0n) is 13.4. The predicted octanol–water partition coefficient (Wildman–Crippen LogP) is 2.60. The molecule has 0 aliphatic heterocycles. The molecule has 0 unspecified atom stereocenters. The topological polar surface area (TPSA) is 59.5 Å². The number of methoxy groups -OCH3 is 1. The normalized spacial score (nSPS) is 10.2.